The molecule has 1 N–H and O–H groups in total. The summed E-state index contributed by atoms with van der Waals surface area (Å²) in [5.41, 5.74) is 2.08. The SMILES string of the molecule is O=C(OCc1ccccc1)C(=Cc1cc(=O)[nH]nc1-c1ccccc1)C(=O)OCc1ccccc1. The molecule has 0 amide bonds. The van der Waals surface area contributed by atoms with E-state index in [1.165, 1.54) is 12.1 Å². The van der Waals surface area contributed by atoms with Crippen LogP contribution in [0.1, 0.15) is 16.7 Å². The first-order chi connectivity index (χ1) is 17.1. The van der Waals surface area contributed by atoms with E-state index in [0.29, 0.717) is 11.3 Å². The maximum absolute atomic E-state index is 13.0. The van der Waals surface area contributed by atoms with Gasteiger partial charge < -0.3 is 9.47 Å². The lowest BCUT2D eigenvalue weighted by Gasteiger charge is -2.11. The number of benzene rings is 3. The minimum atomic E-state index is -0.869. The molecule has 0 saturated heterocycles. The molecule has 174 valence electrons. The Morgan fingerprint density at radius 1 is 0.743 bits per heavy atom. The van der Waals surface area contributed by atoms with Crippen LogP contribution in [0, 0.1) is 0 Å². The van der Waals surface area contributed by atoms with Gasteiger partial charge in [-0.2, -0.15) is 5.10 Å². The highest BCUT2D eigenvalue weighted by atomic mass is 16.6. The number of aromatic nitrogens is 2. The summed E-state index contributed by atoms with van der Waals surface area (Å²) in [7, 11) is 0. The molecule has 0 bridgehead atoms. The molecule has 3 aromatic carbocycles. The number of H-pyrrole nitrogens is 1. The van der Waals surface area contributed by atoms with E-state index in [9.17, 15) is 14.4 Å². The average molecular weight is 466 g/mol. The van der Waals surface area contributed by atoms with Gasteiger partial charge in [-0.3, -0.25) is 4.79 Å². The Hall–Kier alpha value is -4.78. The molecule has 0 aliphatic carbocycles. The Morgan fingerprint density at radius 2 is 1.23 bits per heavy atom. The number of carbonyl (C=O) groups excluding carboxylic acids is 2. The van der Waals surface area contributed by atoms with Gasteiger partial charge in [0.15, 0.2) is 0 Å². The van der Waals surface area contributed by atoms with Crippen molar-refractivity contribution in [2.75, 3.05) is 0 Å². The smallest absolute Gasteiger partial charge is 0.345 e. The molecule has 0 saturated carbocycles. The van der Waals surface area contributed by atoms with Crippen LogP contribution >= 0.6 is 0 Å². The molecular formula is C28H22N2O5. The van der Waals surface area contributed by atoms with Crippen molar-refractivity contribution in [2.45, 2.75) is 13.2 Å². The van der Waals surface area contributed by atoms with Gasteiger partial charge in [-0.15, -0.1) is 0 Å². The van der Waals surface area contributed by atoms with Crippen LogP contribution in [0.15, 0.2) is 107 Å². The van der Waals surface area contributed by atoms with Gasteiger partial charge in [0.1, 0.15) is 18.8 Å². The summed E-state index contributed by atoms with van der Waals surface area (Å²) >= 11 is 0. The average Bonchev–Trinajstić information content (AvgIpc) is 2.91. The third-order valence-electron chi connectivity index (χ3n) is 5.05. The molecule has 4 rings (SSSR count). The second-order valence-electron chi connectivity index (χ2n) is 7.58. The maximum Gasteiger partial charge on any atom is 0.345 e. The predicted molar refractivity (Wildman–Crippen MR) is 131 cm³/mol. The van der Waals surface area contributed by atoms with Crippen molar-refractivity contribution in [3.8, 4) is 11.3 Å². The van der Waals surface area contributed by atoms with Crippen LogP contribution in [0.5, 0.6) is 0 Å². The number of aromatic amines is 1. The molecular weight excluding hydrogens is 444 g/mol. The fourth-order valence-electron chi connectivity index (χ4n) is 3.31. The molecule has 0 fully saturated rings. The highest BCUT2D eigenvalue weighted by Gasteiger charge is 2.23. The first-order valence-corrected chi connectivity index (χ1v) is 10.9. The third-order valence-corrected chi connectivity index (χ3v) is 5.05. The summed E-state index contributed by atoms with van der Waals surface area (Å²) in [6, 6.07) is 28.6. The van der Waals surface area contributed by atoms with E-state index in [-0.39, 0.29) is 24.4 Å². The zero-order chi connectivity index (χ0) is 24.5. The standard InChI is InChI=1S/C28H22N2O5/c31-25-17-23(26(30-29-25)22-14-8-3-9-15-22)16-24(27(32)34-18-20-10-4-1-5-11-20)28(33)35-19-21-12-6-2-7-13-21/h1-17H,18-19H2,(H,29,31). The highest BCUT2D eigenvalue weighted by Crippen LogP contribution is 2.22. The molecule has 0 aliphatic heterocycles. The van der Waals surface area contributed by atoms with Crippen molar-refractivity contribution in [1.29, 1.82) is 0 Å². The number of hydrogen-bond acceptors (Lipinski definition) is 6. The Kier molecular flexibility index (Phi) is 7.60. The van der Waals surface area contributed by atoms with E-state index in [4.69, 9.17) is 9.47 Å². The number of carbonyl (C=O) groups is 2. The summed E-state index contributed by atoms with van der Waals surface area (Å²) in [4.78, 5) is 38.1. The van der Waals surface area contributed by atoms with Crippen molar-refractivity contribution >= 4 is 18.0 Å². The van der Waals surface area contributed by atoms with Crippen LogP contribution < -0.4 is 5.56 Å². The van der Waals surface area contributed by atoms with E-state index in [1.54, 1.807) is 36.4 Å². The summed E-state index contributed by atoms with van der Waals surface area (Å²) in [6.45, 7) is -0.0513. The second kappa shape index (κ2) is 11.4. The molecule has 0 radical (unpaired) electrons. The maximum atomic E-state index is 13.0. The van der Waals surface area contributed by atoms with Gasteiger partial charge in [0.05, 0.1) is 5.69 Å². The first kappa shape index (κ1) is 23.4. The fraction of sp³-hybridized carbons (Fsp3) is 0.0714. The van der Waals surface area contributed by atoms with Crippen molar-refractivity contribution in [2.24, 2.45) is 0 Å². The lowest BCUT2D eigenvalue weighted by Crippen LogP contribution is -2.19. The van der Waals surface area contributed by atoms with E-state index in [1.807, 2.05) is 54.6 Å². The van der Waals surface area contributed by atoms with Crippen LogP contribution in [0.4, 0.5) is 0 Å². The summed E-state index contributed by atoms with van der Waals surface area (Å²) < 4.78 is 10.8. The van der Waals surface area contributed by atoms with E-state index >= 15 is 0 Å². The molecule has 1 aromatic heterocycles. The van der Waals surface area contributed by atoms with Crippen LogP contribution in [-0.4, -0.2) is 22.1 Å². The van der Waals surface area contributed by atoms with Crippen LogP contribution in [0.3, 0.4) is 0 Å². The van der Waals surface area contributed by atoms with E-state index in [2.05, 4.69) is 10.2 Å². The lowest BCUT2D eigenvalue weighted by atomic mass is 10.0. The zero-order valence-electron chi connectivity index (χ0n) is 18.7. The van der Waals surface area contributed by atoms with E-state index < -0.39 is 17.5 Å². The van der Waals surface area contributed by atoms with Gasteiger partial charge in [0, 0.05) is 17.2 Å². The van der Waals surface area contributed by atoms with Gasteiger partial charge in [0.25, 0.3) is 5.56 Å². The molecule has 1 heterocycles. The zero-order valence-corrected chi connectivity index (χ0v) is 18.7. The molecule has 0 aliphatic rings. The molecule has 7 heteroatoms. The Labute approximate surface area is 201 Å². The predicted octanol–water partition coefficient (Wildman–Crippen LogP) is 4.31. The number of esters is 2. The monoisotopic (exact) mass is 466 g/mol. The van der Waals surface area contributed by atoms with E-state index in [0.717, 1.165) is 11.1 Å². The van der Waals surface area contributed by atoms with Crippen LogP contribution in [0.2, 0.25) is 0 Å². The quantitative estimate of drug-likeness (QED) is 0.180. The summed E-state index contributed by atoms with van der Waals surface area (Å²) in [5.74, 6) is -1.74. The number of hydrogen-bond donors (Lipinski definition) is 1. The van der Waals surface area contributed by atoms with Crippen molar-refractivity contribution in [1.82, 2.24) is 10.2 Å². The molecule has 4 aromatic rings. The number of nitrogens with one attached hydrogen (secondary N) is 1. The normalized spacial score (nSPS) is 10.3. The van der Waals surface area contributed by atoms with Crippen molar-refractivity contribution < 1.29 is 19.1 Å². The molecule has 0 spiro atoms. The number of rotatable bonds is 8. The third kappa shape index (κ3) is 6.39. The Bertz CT molecular complexity index is 1320. The summed E-state index contributed by atoms with van der Waals surface area (Å²) in [6.07, 6.45) is 1.28. The first-order valence-electron chi connectivity index (χ1n) is 10.9. The van der Waals surface area contributed by atoms with Crippen molar-refractivity contribution in [3.63, 3.8) is 0 Å². The topological polar surface area (TPSA) is 98.4 Å². The molecule has 7 nitrogen and oxygen atoms in total. The van der Waals surface area contributed by atoms with Crippen molar-refractivity contribution in [3.05, 3.63) is 130 Å². The van der Waals surface area contributed by atoms with Gasteiger partial charge in [-0.05, 0) is 17.2 Å². The van der Waals surface area contributed by atoms with Gasteiger partial charge in [-0.25, -0.2) is 14.7 Å². The fourth-order valence-corrected chi connectivity index (χ4v) is 3.31. The molecule has 0 atom stereocenters. The van der Waals surface area contributed by atoms with Crippen LogP contribution in [0.25, 0.3) is 17.3 Å². The largest absolute Gasteiger partial charge is 0.457 e. The second-order valence-corrected chi connectivity index (χ2v) is 7.58. The van der Waals surface area contributed by atoms with Crippen LogP contribution in [-0.2, 0) is 32.3 Å². The lowest BCUT2D eigenvalue weighted by molar-refractivity contribution is -0.148. The molecule has 35 heavy (non-hydrogen) atoms. The van der Waals surface area contributed by atoms with Gasteiger partial charge >= 0.3 is 11.9 Å². The highest BCUT2D eigenvalue weighted by molar-refractivity contribution is 6.18. The summed E-state index contributed by atoms with van der Waals surface area (Å²) in [5, 5.41) is 6.52. The Balaban J connectivity index is 1.66. The number of nitrogens with zero attached hydrogens (tertiary/aromatic N) is 1. The molecule has 0 unspecified atom stereocenters. The Morgan fingerprint density at radius 3 is 1.74 bits per heavy atom. The number of ether oxygens (including phenoxy) is 2. The van der Waals surface area contributed by atoms with Gasteiger partial charge in [-0.1, -0.05) is 91.0 Å². The van der Waals surface area contributed by atoms with Gasteiger partial charge in [0.2, 0.25) is 0 Å². The minimum Gasteiger partial charge on any atom is -0.457 e. The minimum absolute atomic E-state index is 0.0257.